The van der Waals surface area contributed by atoms with Crippen LogP contribution in [0.1, 0.15) is 80.8 Å². The summed E-state index contributed by atoms with van der Waals surface area (Å²) in [4.78, 5) is 30.6. The number of benzene rings is 1. The second-order valence-electron chi connectivity index (χ2n) is 12.6. The van der Waals surface area contributed by atoms with Gasteiger partial charge in [-0.15, -0.1) is 0 Å². The van der Waals surface area contributed by atoms with Gasteiger partial charge in [0, 0.05) is 50.9 Å². The van der Waals surface area contributed by atoms with Gasteiger partial charge in [-0.1, -0.05) is 0 Å². The Morgan fingerprint density at radius 2 is 1.38 bits per heavy atom. The molecule has 1 aliphatic rings. The van der Waals surface area contributed by atoms with Crippen LogP contribution in [0, 0.1) is 0 Å². The van der Waals surface area contributed by atoms with E-state index in [1.807, 2.05) is 41.5 Å². The van der Waals surface area contributed by atoms with E-state index in [2.05, 4.69) is 9.80 Å². The summed E-state index contributed by atoms with van der Waals surface area (Å²) in [7, 11) is -3.41. The average molecular weight is 563 g/mol. The standard InChI is InChI=1S/C29H46N4O5S/c1-21(2)32-25(20-26(34)33(22(3)4)27(32)35)31-18-16-30(17-19-31)15-14-29(8,9)38-23-10-12-24(13-11-23)39(36,37)28(5,6)7/h10-13,20-22H,14-19H2,1-9H3. The third-order valence-corrected chi connectivity index (χ3v) is 9.75. The van der Waals surface area contributed by atoms with Gasteiger partial charge in [-0.25, -0.2) is 13.2 Å². The first-order valence-electron chi connectivity index (χ1n) is 13.8. The van der Waals surface area contributed by atoms with E-state index in [-0.39, 0.29) is 23.3 Å². The molecule has 1 aliphatic heterocycles. The Balaban J connectivity index is 1.61. The summed E-state index contributed by atoms with van der Waals surface area (Å²) >= 11 is 0. The lowest BCUT2D eigenvalue weighted by molar-refractivity contribution is 0.0820. The molecule has 9 nitrogen and oxygen atoms in total. The van der Waals surface area contributed by atoms with Gasteiger partial charge in [0.05, 0.1) is 9.64 Å². The topological polar surface area (TPSA) is 93.8 Å². The summed E-state index contributed by atoms with van der Waals surface area (Å²) in [6.07, 6.45) is 0.788. The fourth-order valence-corrected chi connectivity index (χ4v) is 6.00. The molecule has 1 saturated heterocycles. The quantitative estimate of drug-likeness (QED) is 0.454. The van der Waals surface area contributed by atoms with Crippen LogP contribution >= 0.6 is 0 Å². The smallest absolute Gasteiger partial charge is 0.333 e. The van der Waals surface area contributed by atoms with Crippen LogP contribution in [0.3, 0.4) is 0 Å². The molecule has 218 valence electrons. The van der Waals surface area contributed by atoms with Crippen molar-refractivity contribution in [3.8, 4) is 5.75 Å². The minimum Gasteiger partial charge on any atom is -0.488 e. The number of ether oxygens (including phenoxy) is 1. The summed E-state index contributed by atoms with van der Waals surface area (Å²) in [5.74, 6) is 1.33. The molecule has 10 heteroatoms. The predicted molar refractivity (Wildman–Crippen MR) is 157 cm³/mol. The van der Waals surface area contributed by atoms with Crippen LogP contribution in [-0.4, -0.2) is 65.5 Å². The molecule has 1 fully saturated rings. The first-order valence-corrected chi connectivity index (χ1v) is 15.3. The first-order chi connectivity index (χ1) is 17.9. The summed E-state index contributed by atoms with van der Waals surface area (Å²) in [5, 5.41) is 0. The molecule has 0 radical (unpaired) electrons. The molecule has 0 bridgehead atoms. The van der Waals surface area contributed by atoms with Gasteiger partial charge < -0.3 is 9.64 Å². The minimum atomic E-state index is -3.41. The van der Waals surface area contributed by atoms with Crippen molar-refractivity contribution in [1.29, 1.82) is 0 Å². The molecule has 0 atom stereocenters. The Bertz CT molecular complexity index is 1360. The second-order valence-corrected chi connectivity index (χ2v) is 15.3. The summed E-state index contributed by atoms with van der Waals surface area (Å²) in [6.45, 7) is 20.7. The van der Waals surface area contributed by atoms with Gasteiger partial charge in [-0.05, 0) is 93.0 Å². The lowest BCUT2D eigenvalue weighted by atomic mass is 10.0. The lowest BCUT2D eigenvalue weighted by Gasteiger charge is -2.38. The van der Waals surface area contributed by atoms with Crippen LogP contribution in [0.25, 0.3) is 0 Å². The monoisotopic (exact) mass is 562 g/mol. The number of rotatable bonds is 9. The highest BCUT2D eigenvalue weighted by molar-refractivity contribution is 7.92. The van der Waals surface area contributed by atoms with Crippen molar-refractivity contribution in [1.82, 2.24) is 14.0 Å². The van der Waals surface area contributed by atoms with Crippen molar-refractivity contribution in [2.45, 2.75) is 96.1 Å². The van der Waals surface area contributed by atoms with Crippen LogP contribution in [-0.2, 0) is 9.84 Å². The van der Waals surface area contributed by atoms with Crippen molar-refractivity contribution < 1.29 is 13.2 Å². The minimum absolute atomic E-state index is 0.0586. The van der Waals surface area contributed by atoms with Gasteiger partial charge in [-0.2, -0.15) is 0 Å². The van der Waals surface area contributed by atoms with E-state index >= 15 is 0 Å². The van der Waals surface area contributed by atoms with Crippen LogP contribution in [0.4, 0.5) is 5.82 Å². The maximum atomic E-state index is 13.1. The summed E-state index contributed by atoms with van der Waals surface area (Å²) < 4.78 is 33.8. The largest absolute Gasteiger partial charge is 0.488 e. The Labute approximate surface area is 233 Å². The van der Waals surface area contributed by atoms with Crippen LogP contribution in [0.2, 0.25) is 0 Å². The number of nitrogens with zero attached hydrogens (tertiary/aromatic N) is 4. The molecule has 39 heavy (non-hydrogen) atoms. The molecule has 0 aliphatic carbocycles. The van der Waals surface area contributed by atoms with Crippen molar-refractivity contribution in [3.05, 3.63) is 51.2 Å². The van der Waals surface area contributed by atoms with Crippen LogP contribution in [0.15, 0.2) is 44.8 Å². The normalized spacial score (nSPS) is 15.8. The number of hydrogen-bond donors (Lipinski definition) is 0. The van der Waals surface area contributed by atoms with Crippen molar-refractivity contribution in [2.75, 3.05) is 37.6 Å². The van der Waals surface area contributed by atoms with Crippen molar-refractivity contribution in [2.24, 2.45) is 0 Å². The molecule has 0 spiro atoms. The molecule has 0 unspecified atom stereocenters. The fourth-order valence-electron chi connectivity index (χ4n) is 4.80. The number of anilines is 1. The highest BCUT2D eigenvalue weighted by Gasteiger charge is 2.31. The van der Waals surface area contributed by atoms with Gasteiger partial charge in [-0.3, -0.25) is 18.8 Å². The predicted octanol–water partition coefficient (Wildman–Crippen LogP) is 4.11. The number of piperazine rings is 1. The van der Waals surface area contributed by atoms with E-state index in [4.69, 9.17) is 4.74 Å². The fraction of sp³-hybridized carbons (Fsp3) is 0.655. The average Bonchev–Trinajstić information content (AvgIpc) is 2.81. The van der Waals surface area contributed by atoms with Crippen LogP contribution < -0.4 is 20.9 Å². The van der Waals surface area contributed by atoms with E-state index in [1.165, 1.54) is 4.57 Å². The van der Waals surface area contributed by atoms with Gasteiger partial charge in [0.1, 0.15) is 17.2 Å². The van der Waals surface area contributed by atoms with E-state index in [0.29, 0.717) is 16.5 Å². The van der Waals surface area contributed by atoms with E-state index in [1.54, 1.807) is 55.7 Å². The zero-order valence-electron chi connectivity index (χ0n) is 25.0. The van der Waals surface area contributed by atoms with E-state index in [9.17, 15) is 18.0 Å². The van der Waals surface area contributed by atoms with Gasteiger partial charge >= 0.3 is 5.69 Å². The molecule has 1 aromatic carbocycles. The molecule has 0 saturated carbocycles. The summed E-state index contributed by atoms with van der Waals surface area (Å²) in [5.41, 5.74) is -0.957. The van der Waals surface area contributed by atoms with Gasteiger partial charge in [0.15, 0.2) is 9.84 Å². The third kappa shape index (κ3) is 6.95. The number of hydrogen-bond acceptors (Lipinski definition) is 7. The molecule has 3 rings (SSSR count). The zero-order valence-corrected chi connectivity index (χ0v) is 25.8. The molecule has 1 aromatic heterocycles. The molecule has 0 amide bonds. The zero-order chi connectivity index (χ0) is 29.3. The highest BCUT2D eigenvalue weighted by Crippen LogP contribution is 2.28. The lowest BCUT2D eigenvalue weighted by Crippen LogP contribution is -2.51. The van der Waals surface area contributed by atoms with Gasteiger partial charge in [0.2, 0.25) is 0 Å². The SMILES string of the molecule is CC(C)n1c(N2CCN(CCC(C)(C)Oc3ccc(S(=O)(=O)C(C)(C)C)cc3)CC2)cc(=O)n(C(C)C)c1=O. The summed E-state index contributed by atoms with van der Waals surface area (Å²) in [6, 6.07) is 8.02. The van der Waals surface area contributed by atoms with Gasteiger partial charge in [0.25, 0.3) is 5.56 Å². The molecule has 2 heterocycles. The number of aromatic nitrogens is 2. The highest BCUT2D eigenvalue weighted by atomic mass is 32.2. The molecular formula is C29H46N4O5S. The van der Waals surface area contributed by atoms with E-state index in [0.717, 1.165) is 39.1 Å². The van der Waals surface area contributed by atoms with E-state index < -0.39 is 20.2 Å². The maximum Gasteiger partial charge on any atom is 0.333 e. The Kier molecular flexibility index (Phi) is 9.12. The Morgan fingerprint density at radius 3 is 1.87 bits per heavy atom. The first kappa shape index (κ1) is 30.9. The number of sulfone groups is 1. The molecular weight excluding hydrogens is 516 g/mol. The molecule has 2 aromatic rings. The molecule has 0 N–H and O–H groups in total. The Hall–Kier alpha value is -2.59. The third-order valence-electron chi connectivity index (χ3n) is 7.24. The Morgan fingerprint density at radius 1 is 0.846 bits per heavy atom. The van der Waals surface area contributed by atoms with Crippen LogP contribution in [0.5, 0.6) is 5.75 Å². The van der Waals surface area contributed by atoms with Crippen molar-refractivity contribution in [3.63, 3.8) is 0 Å². The second kappa shape index (κ2) is 11.5. The maximum absolute atomic E-state index is 13.1. The van der Waals surface area contributed by atoms with Crippen molar-refractivity contribution >= 4 is 15.7 Å².